The largest absolute Gasteiger partial charge is 0.378 e. The first-order valence-electron chi connectivity index (χ1n) is 7.02. The summed E-state index contributed by atoms with van der Waals surface area (Å²) in [5.41, 5.74) is 3.31. The van der Waals surface area contributed by atoms with Crippen molar-refractivity contribution < 1.29 is 4.74 Å². The van der Waals surface area contributed by atoms with Gasteiger partial charge in [0.2, 0.25) is 5.28 Å². The van der Waals surface area contributed by atoms with Gasteiger partial charge in [-0.05, 0) is 42.3 Å². The maximum atomic E-state index is 6.07. The molecule has 0 bridgehead atoms. The smallest absolute Gasteiger partial charge is 0.224 e. The molecule has 1 aliphatic heterocycles. The summed E-state index contributed by atoms with van der Waals surface area (Å²) in [5.74, 6) is 0.500. The fourth-order valence-electron chi connectivity index (χ4n) is 2.46. The zero-order chi connectivity index (χ0) is 15.5. The average molecular weight is 339 g/mol. The number of anilines is 3. The van der Waals surface area contributed by atoms with E-state index in [1.54, 1.807) is 0 Å². The molecule has 116 valence electrons. The van der Waals surface area contributed by atoms with Crippen LogP contribution >= 0.6 is 23.2 Å². The zero-order valence-corrected chi connectivity index (χ0v) is 13.7. The van der Waals surface area contributed by atoms with Gasteiger partial charge >= 0.3 is 0 Å². The highest BCUT2D eigenvalue weighted by molar-refractivity contribution is 6.33. The van der Waals surface area contributed by atoms with E-state index in [0.717, 1.165) is 32.0 Å². The van der Waals surface area contributed by atoms with E-state index in [1.165, 1.54) is 17.4 Å². The molecule has 1 aromatic heterocycles. The number of aryl methyl sites for hydroxylation is 1. The molecule has 0 atom stereocenters. The third kappa shape index (κ3) is 3.43. The second kappa shape index (κ2) is 6.69. The van der Waals surface area contributed by atoms with Crippen molar-refractivity contribution >= 4 is 40.4 Å². The fraction of sp³-hybridized carbons (Fsp3) is 0.333. The Hall–Kier alpha value is -1.56. The molecule has 3 rings (SSSR count). The summed E-state index contributed by atoms with van der Waals surface area (Å²) >= 11 is 11.9. The van der Waals surface area contributed by atoms with E-state index in [4.69, 9.17) is 27.9 Å². The minimum absolute atomic E-state index is 0.161. The van der Waals surface area contributed by atoms with Crippen molar-refractivity contribution in [1.82, 2.24) is 9.97 Å². The average Bonchev–Trinajstić information content (AvgIpc) is 2.52. The second-order valence-electron chi connectivity index (χ2n) is 5.06. The minimum Gasteiger partial charge on any atom is -0.378 e. The van der Waals surface area contributed by atoms with E-state index in [0.29, 0.717) is 10.8 Å². The van der Waals surface area contributed by atoms with Gasteiger partial charge in [0.1, 0.15) is 5.02 Å². The molecule has 0 aliphatic carbocycles. The lowest BCUT2D eigenvalue weighted by Gasteiger charge is -2.30. The molecule has 0 radical (unpaired) electrons. The van der Waals surface area contributed by atoms with Crippen LogP contribution in [-0.4, -0.2) is 36.3 Å². The molecular weight excluding hydrogens is 323 g/mol. The van der Waals surface area contributed by atoms with Crippen LogP contribution in [0, 0.1) is 6.92 Å². The van der Waals surface area contributed by atoms with Gasteiger partial charge in [0, 0.05) is 24.5 Å². The van der Waals surface area contributed by atoms with E-state index >= 15 is 0 Å². The Bertz CT molecular complexity index is 675. The third-order valence-corrected chi connectivity index (χ3v) is 3.98. The molecule has 2 heterocycles. The van der Waals surface area contributed by atoms with Crippen molar-refractivity contribution in [3.63, 3.8) is 0 Å². The summed E-state index contributed by atoms with van der Waals surface area (Å²) < 4.78 is 5.39. The van der Waals surface area contributed by atoms with E-state index in [9.17, 15) is 0 Å². The number of morpholine rings is 1. The lowest BCUT2D eigenvalue weighted by molar-refractivity contribution is 0.122. The van der Waals surface area contributed by atoms with Crippen molar-refractivity contribution in [2.75, 3.05) is 36.5 Å². The lowest BCUT2D eigenvalue weighted by Crippen LogP contribution is -2.36. The Morgan fingerprint density at radius 3 is 2.73 bits per heavy atom. The van der Waals surface area contributed by atoms with Gasteiger partial charge in [-0.25, -0.2) is 4.98 Å². The van der Waals surface area contributed by atoms with Gasteiger partial charge in [-0.3, -0.25) is 0 Å². The molecule has 1 N–H and O–H groups in total. The van der Waals surface area contributed by atoms with Crippen LogP contribution in [0.1, 0.15) is 5.56 Å². The Kier molecular flexibility index (Phi) is 4.66. The van der Waals surface area contributed by atoms with Crippen molar-refractivity contribution in [2.45, 2.75) is 6.92 Å². The SMILES string of the molecule is Cc1cc(Nc2nc(Cl)ncc2Cl)ccc1N1CCOCC1. The number of aromatic nitrogens is 2. The van der Waals surface area contributed by atoms with Crippen LogP contribution in [0.2, 0.25) is 10.3 Å². The standard InChI is InChI=1S/C15H16Cl2N4O/c1-10-8-11(19-14-12(16)9-18-15(17)20-14)2-3-13(10)21-4-6-22-7-5-21/h2-3,8-9H,4-7H2,1H3,(H,18,19,20). The highest BCUT2D eigenvalue weighted by Gasteiger charge is 2.13. The van der Waals surface area contributed by atoms with Gasteiger partial charge < -0.3 is 15.0 Å². The normalized spacial score (nSPS) is 15.0. The zero-order valence-electron chi connectivity index (χ0n) is 12.1. The highest BCUT2D eigenvalue weighted by Crippen LogP contribution is 2.28. The van der Waals surface area contributed by atoms with Crippen molar-refractivity contribution in [2.24, 2.45) is 0 Å². The first-order chi connectivity index (χ1) is 10.6. The molecule has 1 aromatic carbocycles. The number of nitrogens with one attached hydrogen (secondary N) is 1. The molecule has 1 aliphatic rings. The number of hydrogen-bond acceptors (Lipinski definition) is 5. The second-order valence-corrected chi connectivity index (χ2v) is 5.81. The van der Waals surface area contributed by atoms with Crippen LogP contribution in [0.3, 0.4) is 0 Å². The van der Waals surface area contributed by atoms with Gasteiger partial charge in [-0.2, -0.15) is 4.98 Å². The number of halogens is 2. The Morgan fingerprint density at radius 1 is 1.23 bits per heavy atom. The van der Waals surface area contributed by atoms with Gasteiger partial charge in [0.25, 0.3) is 0 Å². The summed E-state index contributed by atoms with van der Waals surface area (Å²) in [6.45, 7) is 5.47. The molecule has 1 saturated heterocycles. The van der Waals surface area contributed by atoms with Crippen LogP contribution in [0.15, 0.2) is 24.4 Å². The number of nitrogens with zero attached hydrogens (tertiary/aromatic N) is 3. The van der Waals surface area contributed by atoms with Gasteiger partial charge in [-0.1, -0.05) is 11.6 Å². The summed E-state index contributed by atoms with van der Waals surface area (Å²) in [6, 6.07) is 6.17. The molecule has 0 amide bonds. The molecule has 1 fully saturated rings. The van der Waals surface area contributed by atoms with E-state index in [1.807, 2.05) is 6.07 Å². The van der Waals surface area contributed by atoms with E-state index < -0.39 is 0 Å². The van der Waals surface area contributed by atoms with Gasteiger partial charge in [0.05, 0.1) is 19.4 Å². The summed E-state index contributed by atoms with van der Waals surface area (Å²) in [4.78, 5) is 10.3. The summed E-state index contributed by atoms with van der Waals surface area (Å²) in [7, 11) is 0. The maximum Gasteiger partial charge on any atom is 0.224 e. The number of ether oxygens (including phenoxy) is 1. The number of rotatable bonds is 3. The van der Waals surface area contributed by atoms with Crippen LogP contribution in [-0.2, 0) is 4.74 Å². The molecule has 22 heavy (non-hydrogen) atoms. The predicted molar refractivity (Wildman–Crippen MR) is 89.5 cm³/mol. The highest BCUT2D eigenvalue weighted by atomic mass is 35.5. The van der Waals surface area contributed by atoms with Crippen LogP contribution in [0.25, 0.3) is 0 Å². The van der Waals surface area contributed by atoms with E-state index in [2.05, 4.69) is 39.2 Å². The quantitative estimate of drug-likeness (QED) is 0.865. The maximum absolute atomic E-state index is 6.07. The Balaban J connectivity index is 1.81. The number of hydrogen-bond donors (Lipinski definition) is 1. The third-order valence-electron chi connectivity index (χ3n) is 3.53. The van der Waals surface area contributed by atoms with Crippen LogP contribution in [0.4, 0.5) is 17.2 Å². The topological polar surface area (TPSA) is 50.3 Å². The number of benzene rings is 1. The van der Waals surface area contributed by atoms with Gasteiger partial charge in [0.15, 0.2) is 5.82 Å². The van der Waals surface area contributed by atoms with E-state index in [-0.39, 0.29) is 5.28 Å². The molecule has 0 unspecified atom stereocenters. The monoisotopic (exact) mass is 338 g/mol. The first kappa shape index (κ1) is 15.3. The first-order valence-corrected chi connectivity index (χ1v) is 7.77. The minimum atomic E-state index is 0.161. The molecule has 7 heteroatoms. The van der Waals surface area contributed by atoms with Crippen molar-refractivity contribution in [3.05, 3.63) is 40.3 Å². The summed E-state index contributed by atoms with van der Waals surface area (Å²) in [6.07, 6.45) is 1.48. The molecule has 2 aromatic rings. The fourth-order valence-corrected chi connectivity index (χ4v) is 2.73. The molecule has 0 saturated carbocycles. The molecular formula is C15H16Cl2N4O. The van der Waals surface area contributed by atoms with Crippen LogP contribution in [0.5, 0.6) is 0 Å². The van der Waals surface area contributed by atoms with Crippen molar-refractivity contribution in [3.8, 4) is 0 Å². The summed E-state index contributed by atoms with van der Waals surface area (Å²) in [5, 5.41) is 3.76. The predicted octanol–water partition coefficient (Wildman–Crippen LogP) is 3.67. The van der Waals surface area contributed by atoms with Crippen LogP contribution < -0.4 is 10.2 Å². The Morgan fingerprint density at radius 2 is 2.00 bits per heavy atom. The molecule has 5 nitrogen and oxygen atoms in total. The molecule has 0 spiro atoms. The van der Waals surface area contributed by atoms with Gasteiger partial charge in [-0.15, -0.1) is 0 Å². The van der Waals surface area contributed by atoms with Crippen molar-refractivity contribution in [1.29, 1.82) is 0 Å². The lowest BCUT2D eigenvalue weighted by atomic mass is 10.1. The Labute approximate surface area is 139 Å².